The van der Waals surface area contributed by atoms with Crippen LogP contribution in [-0.2, 0) is 20.7 Å². The first kappa shape index (κ1) is 25.8. The fraction of sp³-hybridized carbons (Fsp3) is 0.500. The van der Waals surface area contributed by atoms with Crippen LogP contribution in [0.4, 0.5) is 5.69 Å². The van der Waals surface area contributed by atoms with Gasteiger partial charge in [0.2, 0.25) is 5.91 Å². The molecule has 3 rings (SSSR count). The molecule has 1 atom stereocenters. The smallest absolute Gasteiger partial charge is 0.337 e. The Hall–Kier alpha value is -2.86. The molecule has 0 radical (unpaired) electrons. The van der Waals surface area contributed by atoms with E-state index in [4.69, 9.17) is 9.47 Å². The summed E-state index contributed by atoms with van der Waals surface area (Å²) in [6.45, 7) is 12.1. The number of carboxylic acid groups (broad SMARTS) is 1. The number of carboxylic acids is 1. The van der Waals surface area contributed by atoms with Crippen molar-refractivity contribution >= 4 is 17.6 Å². The van der Waals surface area contributed by atoms with E-state index < -0.39 is 17.7 Å². The highest BCUT2D eigenvalue weighted by Crippen LogP contribution is 2.42. The molecule has 6 nitrogen and oxygen atoms in total. The third-order valence-electron chi connectivity index (χ3n) is 6.02. The van der Waals surface area contributed by atoms with Gasteiger partial charge in [-0.15, -0.1) is 0 Å². The van der Waals surface area contributed by atoms with Crippen molar-refractivity contribution in [3.8, 4) is 16.9 Å². The number of hydrogen-bond donors (Lipinski definition) is 2. The molecule has 34 heavy (non-hydrogen) atoms. The molecule has 0 saturated heterocycles. The standard InChI is InChI=1S/C28H37NO5/c1-7-8-11-23(30)29-21-15-17(2)24(20-12-13-22-19(16-20)10-9-14-33-22)25(18(21)3)26(27(31)32)34-28(4,5)6/h12-13,15-16,26H,7-11,14H2,1-6H3,(H,29,30)(H,31,32). The number of hydrogen-bond acceptors (Lipinski definition) is 4. The van der Waals surface area contributed by atoms with Gasteiger partial charge < -0.3 is 19.9 Å². The molecule has 1 aliphatic rings. The number of rotatable bonds is 8. The first-order valence-electron chi connectivity index (χ1n) is 12.1. The number of aliphatic carboxylic acids is 1. The third kappa shape index (κ3) is 5.98. The van der Waals surface area contributed by atoms with Gasteiger partial charge in [-0.1, -0.05) is 19.4 Å². The maximum atomic E-state index is 12.5. The quantitative estimate of drug-likeness (QED) is 0.471. The topological polar surface area (TPSA) is 84.9 Å². The lowest BCUT2D eigenvalue weighted by molar-refractivity contribution is -0.160. The Labute approximate surface area is 202 Å². The van der Waals surface area contributed by atoms with Crippen molar-refractivity contribution in [2.45, 2.75) is 85.4 Å². The highest BCUT2D eigenvalue weighted by atomic mass is 16.5. The van der Waals surface area contributed by atoms with Crippen LogP contribution in [0.15, 0.2) is 24.3 Å². The summed E-state index contributed by atoms with van der Waals surface area (Å²) in [7, 11) is 0. The van der Waals surface area contributed by atoms with E-state index in [2.05, 4.69) is 11.4 Å². The van der Waals surface area contributed by atoms with Gasteiger partial charge in [-0.2, -0.15) is 0 Å². The van der Waals surface area contributed by atoms with Gasteiger partial charge in [0.25, 0.3) is 0 Å². The predicted molar refractivity (Wildman–Crippen MR) is 135 cm³/mol. The van der Waals surface area contributed by atoms with E-state index in [9.17, 15) is 14.7 Å². The van der Waals surface area contributed by atoms with Gasteiger partial charge in [-0.3, -0.25) is 4.79 Å². The Balaban J connectivity index is 2.20. The van der Waals surface area contributed by atoms with Crippen LogP contribution in [0, 0.1) is 13.8 Å². The van der Waals surface area contributed by atoms with Crippen LogP contribution in [0.5, 0.6) is 5.75 Å². The van der Waals surface area contributed by atoms with Crippen molar-refractivity contribution < 1.29 is 24.2 Å². The van der Waals surface area contributed by atoms with Crippen molar-refractivity contribution in [1.29, 1.82) is 0 Å². The van der Waals surface area contributed by atoms with Crippen molar-refractivity contribution in [2.24, 2.45) is 0 Å². The summed E-state index contributed by atoms with van der Waals surface area (Å²) in [4.78, 5) is 25.0. The van der Waals surface area contributed by atoms with E-state index in [1.165, 1.54) is 0 Å². The summed E-state index contributed by atoms with van der Waals surface area (Å²) in [5.41, 5.74) is 4.98. The fourth-order valence-corrected chi connectivity index (χ4v) is 4.43. The zero-order valence-corrected chi connectivity index (χ0v) is 21.2. The van der Waals surface area contributed by atoms with Gasteiger partial charge in [0.05, 0.1) is 12.2 Å². The van der Waals surface area contributed by atoms with E-state index in [0.29, 0.717) is 29.8 Å². The molecule has 1 heterocycles. The average molecular weight is 468 g/mol. The van der Waals surface area contributed by atoms with Crippen LogP contribution in [0.25, 0.3) is 11.1 Å². The number of unbranched alkanes of at least 4 members (excludes halogenated alkanes) is 1. The largest absolute Gasteiger partial charge is 0.493 e. The van der Waals surface area contributed by atoms with E-state index in [0.717, 1.165) is 53.7 Å². The Bertz CT molecular complexity index is 1070. The minimum atomic E-state index is -1.19. The highest BCUT2D eigenvalue weighted by molar-refractivity contribution is 5.94. The van der Waals surface area contributed by atoms with Crippen LogP contribution in [0.2, 0.25) is 0 Å². The molecule has 1 amide bonds. The average Bonchev–Trinajstić information content (AvgIpc) is 2.77. The zero-order valence-electron chi connectivity index (χ0n) is 21.2. The van der Waals surface area contributed by atoms with E-state index in [1.54, 1.807) is 0 Å². The number of carbonyl (C=O) groups is 2. The predicted octanol–water partition coefficient (Wildman–Crippen LogP) is 6.36. The minimum Gasteiger partial charge on any atom is -0.493 e. The lowest BCUT2D eigenvalue weighted by atomic mass is 9.86. The Morgan fingerprint density at radius 3 is 2.59 bits per heavy atom. The molecule has 184 valence electrons. The molecule has 6 heteroatoms. The summed E-state index contributed by atoms with van der Waals surface area (Å²) in [6, 6.07) is 7.97. The number of nitrogens with one attached hydrogen (secondary N) is 1. The number of benzene rings is 2. The molecule has 0 bridgehead atoms. The Kier molecular flexibility index (Phi) is 8.03. The lowest BCUT2D eigenvalue weighted by Crippen LogP contribution is -2.28. The van der Waals surface area contributed by atoms with Gasteiger partial charge in [-0.25, -0.2) is 4.79 Å². The van der Waals surface area contributed by atoms with Crippen LogP contribution >= 0.6 is 0 Å². The third-order valence-corrected chi connectivity index (χ3v) is 6.02. The van der Waals surface area contributed by atoms with Gasteiger partial charge in [-0.05, 0) is 99.9 Å². The van der Waals surface area contributed by atoms with Gasteiger partial charge in [0.1, 0.15) is 5.75 Å². The number of carbonyl (C=O) groups excluding carboxylic acids is 1. The van der Waals surface area contributed by atoms with Crippen molar-refractivity contribution in [3.63, 3.8) is 0 Å². The Morgan fingerprint density at radius 1 is 1.21 bits per heavy atom. The zero-order chi connectivity index (χ0) is 25.0. The van der Waals surface area contributed by atoms with Crippen LogP contribution < -0.4 is 10.1 Å². The normalized spacial score (nSPS) is 14.2. The molecule has 0 saturated carbocycles. The first-order chi connectivity index (χ1) is 16.0. The van der Waals surface area contributed by atoms with Gasteiger partial charge >= 0.3 is 5.97 Å². The van der Waals surface area contributed by atoms with E-state index in [1.807, 2.05) is 59.7 Å². The number of fused-ring (bicyclic) bond motifs is 1. The molecule has 0 aromatic heterocycles. The molecular formula is C28H37NO5. The number of anilines is 1. The van der Waals surface area contributed by atoms with Crippen molar-refractivity contribution in [1.82, 2.24) is 0 Å². The Morgan fingerprint density at radius 2 is 1.94 bits per heavy atom. The first-order valence-corrected chi connectivity index (χ1v) is 12.1. The molecule has 0 fully saturated rings. The maximum absolute atomic E-state index is 12.5. The second kappa shape index (κ2) is 10.6. The molecule has 1 unspecified atom stereocenters. The lowest BCUT2D eigenvalue weighted by Gasteiger charge is -2.30. The number of ether oxygens (including phenoxy) is 2. The second-order valence-corrected chi connectivity index (χ2v) is 10.0. The summed E-state index contributed by atoms with van der Waals surface area (Å²) in [5.74, 6) is -0.251. The van der Waals surface area contributed by atoms with Crippen LogP contribution in [-0.4, -0.2) is 29.2 Å². The molecule has 0 aliphatic carbocycles. The highest BCUT2D eigenvalue weighted by Gasteiger charge is 2.32. The molecular weight excluding hydrogens is 430 g/mol. The summed E-state index contributed by atoms with van der Waals surface area (Å²) >= 11 is 0. The molecule has 1 aliphatic heterocycles. The van der Waals surface area contributed by atoms with Crippen LogP contribution in [0.1, 0.15) is 81.7 Å². The second-order valence-electron chi connectivity index (χ2n) is 10.0. The monoisotopic (exact) mass is 467 g/mol. The fourth-order valence-electron chi connectivity index (χ4n) is 4.43. The van der Waals surface area contributed by atoms with Crippen molar-refractivity contribution in [2.75, 3.05) is 11.9 Å². The SMILES string of the molecule is CCCCC(=O)Nc1cc(C)c(-c2ccc3c(c2)CCCO3)c(C(OC(C)(C)C)C(=O)O)c1C. The summed E-state index contributed by atoms with van der Waals surface area (Å²) < 4.78 is 11.9. The minimum absolute atomic E-state index is 0.0717. The molecule has 2 N–H and O–H groups in total. The number of aryl methyl sites for hydroxylation is 2. The van der Waals surface area contributed by atoms with Gasteiger partial charge in [0, 0.05) is 17.7 Å². The molecule has 0 spiro atoms. The van der Waals surface area contributed by atoms with Gasteiger partial charge in [0.15, 0.2) is 6.10 Å². The van der Waals surface area contributed by atoms with Crippen molar-refractivity contribution in [3.05, 3.63) is 46.5 Å². The molecule has 2 aromatic rings. The summed E-state index contributed by atoms with van der Waals surface area (Å²) in [5, 5.41) is 13.2. The maximum Gasteiger partial charge on any atom is 0.337 e. The van der Waals surface area contributed by atoms with E-state index >= 15 is 0 Å². The molecule has 2 aromatic carbocycles. The van der Waals surface area contributed by atoms with Crippen LogP contribution in [0.3, 0.4) is 0 Å². The number of amides is 1. The van der Waals surface area contributed by atoms with E-state index in [-0.39, 0.29) is 5.91 Å². The summed E-state index contributed by atoms with van der Waals surface area (Å²) in [6.07, 6.45) is 2.85.